The summed E-state index contributed by atoms with van der Waals surface area (Å²) in [6.07, 6.45) is 2.47. The normalized spacial score (nSPS) is 24.8. The maximum absolute atomic E-state index is 6.10. The van der Waals surface area contributed by atoms with Crippen molar-refractivity contribution in [1.29, 1.82) is 0 Å². The zero-order chi connectivity index (χ0) is 13.7. The zero-order valence-electron chi connectivity index (χ0n) is 12.3. The summed E-state index contributed by atoms with van der Waals surface area (Å²) in [5.74, 6) is 0. The summed E-state index contributed by atoms with van der Waals surface area (Å²) in [7, 11) is 2.21. The van der Waals surface area contributed by atoms with Crippen molar-refractivity contribution in [1.82, 2.24) is 9.80 Å². The summed E-state index contributed by atoms with van der Waals surface area (Å²) in [4.78, 5) is 4.99. The van der Waals surface area contributed by atoms with Crippen LogP contribution < -0.4 is 5.73 Å². The van der Waals surface area contributed by atoms with E-state index in [2.05, 4.69) is 54.1 Å². The van der Waals surface area contributed by atoms with E-state index in [1.54, 1.807) is 0 Å². The van der Waals surface area contributed by atoms with Gasteiger partial charge in [-0.3, -0.25) is 9.80 Å². The molecule has 1 atom stereocenters. The van der Waals surface area contributed by atoms with Crippen LogP contribution in [0.3, 0.4) is 0 Å². The van der Waals surface area contributed by atoms with Crippen LogP contribution >= 0.6 is 0 Å². The number of nitrogens with two attached hydrogens (primary N) is 1. The van der Waals surface area contributed by atoms with Gasteiger partial charge in [-0.2, -0.15) is 0 Å². The lowest BCUT2D eigenvalue weighted by atomic mass is 9.87. The summed E-state index contributed by atoms with van der Waals surface area (Å²) in [6.45, 7) is 7.35. The van der Waals surface area contributed by atoms with E-state index < -0.39 is 0 Å². The Morgan fingerprint density at radius 2 is 2.05 bits per heavy atom. The summed E-state index contributed by atoms with van der Waals surface area (Å²) in [5, 5.41) is 0. The van der Waals surface area contributed by atoms with Crippen LogP contribution in [0.15, 0.2) is 30.3 Å². The third-order valence-corrected chi connectivity index (χ3v) is 4.55. The van der Waals surface area contributed by atoms with Gasteiger partial charge in [-0.1, -0.05) is 37.3 Å². The molecule has 3 nitrogen and oxygen atoms in total. The number of piperidine rings is 1. The molecule has 1 aliphatic heterocycles. The maximum atomic E-state index is 6.10. The van der Waals surface area contributed by atoms with Gasteiger partial charge in [0.25, 0.3) is 0 Å². The molecule has 2 rings (SSSR count). The SMILES string of the molecule is CCN(C)C1(CN)CCCN(Cc2ccccc2)C1. The predicted octanol–water partition coefficient (Wildman–Crippen LogP) is 1.93. The molecule has 1 aliphatic rings. The van der Waals surface area contributed by atoms with Gasteiger partial charge in [0.2, 0.25) is 0 Å². The first kappa shape index (κ1) is 14.5. The van der Waals surface area contributed by atoms with E-state index in [1.165, 1.54) is 24.9 Å². The quantitative estimate of drug-likeness (QED) is 0.879. The molecule has 0 spiro atoms. The number of nitrogens with zero attached hydrogens (tertiary/aromatic N) is 2. The number of hydrogen-bond donors (Lipinski definition) is 1. The molecule has 3 heteroatoms. The fourth-order valence-corrected chi connectivity index (χ4v) is 3.15. The fraction of sp³-hybridized carbons (Fsp3) is 0.625. The highest BCUT2D eigenvalue weighted by Gasteiger charge is 2.36. The minimum Gasteiger partial charge on any atom is -0.329 e. The van der Waals surface area contributed by atoms with E-state index in [0.717, 1.165) is 26.2 Å². The highest BCUT2D eigenvalue weighted by atomic mass is 15.3. The summed E-state index contributed by atoms with van der Waals surface area (Å²) in [5.41, 5.74) is 7.67. The van der Waals surface area contributed by atoms with Crippen molar-refractivity contribution in [2.24, 2.45) is 5.73 Å². The third-order valence-electron chi connectivity index (χ3n) is 4.55. The minimum absolute atomic E-state index is 0.168. The first-order valence-corrected chi connectivity index (χ1v) is 7.38. The molecule has 0 amide bonds. The van der Waals surface area contributed by atoms with Gasteiger partial charge in [0.1, 0.15) is 0 Å². The van der Waals surface area contributed by atoms with Crippen molar-refractivity contribution in [2.75, 3.05) is 33.2 Å². The largest absolute Gasteiger partial charge is 0.329 e. The van der Waals surface area contributed by atoms with Crippen molar-refractivity contribution in [2.45, 2.75) is 31.8 Å². The monoisotopic (exact) mass is 261 g/mol. The molecule has 0 bridgehead atoms. The predicted molar refractivity (Wildman–Crippen MR) is 81.0 cm³/mol. The van der Waals surface area contributed by atoms with Gasteiger partial charge in [-0.05, 0) is 38.5 Å². The molecular weight excluding hydrogens is 234 g/mol. The molecule has 0 saturated carbocycles. The Hall–Kier alpha value is -0.900. The van der Waals surface area contributed by atoms with E-state index in [9.17, 15) is 0 Å². The Bertz CT molecular complexity index is 379. The second-order valence-electron chi connectivity index (χ2n) is 5.74. The zero-order valence-corrected chi connectivity index (χ0v) is 12.3. The van der Waals surface area contributed by atoms with Crippen LogP contribution in [0, 0.1) is 0 Å². The summed E-state index contributed by atoms with van der Waals surface area (Å²) < 4.78 is 0. The number of likely N-dealkylation sites (N-methyl/N-ethyl adjacent to an activating group) is 1. The Morgan fingerprint density at radius 1 is 1.32 bits per heavy atom. The molecule has 0 radical (unpaired) electrons. The van der Waals surface area contributed by atoms with Gasteiger partial charge >= 0.3 is 0 Å². The average molecular weight is 261 g/mol. The number of likely N-dealkylation sites (tertiary alicyclic amines) is 1. The Balaban J connectivity index is 2.04. The Kier molecular flexibility index (Phi) is 4.97. The van der Waals surface area contributed by atoms with E-state index in [4.69, 9.17) is 5.73 Å². The van der Waals surface area contributed by atoms with Crippen molar-refractivity contribution in [3.63, 3.8) is 0 Å². The molecule has 1 unspecified atom stereocenters. The molecule has 1 fully saturated rings. The van der Waals surface area contributed by atoms with Gasteiger partial charge in [0, 0.05) is 25.2 Å². The Morgan fingerprint density at radius 3 is 2.68 bits per heavy atom. The van der Waals surface area contributed by atoms with Crippen LogP contribution in [0.25, 0.3) is 0 Å². The van der Waals surface area contributed by atoms with Gasteiger partial charge in [-0.25, -0.2) is 0 Å². The van der Waals surface area contributed by atoms with Gasteiger partial charge in [-0.15, -0.1) is 0 Å². The first-order valence-electron chi connectivity index (χ1n) is 7.38. The minimum atomic E-state index is 0.168. The van der Waals surface area contributed by atoms with E-state index >= 15 is 0 Å². The first-order chi connectivity index (χ1) is 9.20. The smallest absolute Gasteiger partial charge is 0.0455 e. The molecular formula is C16H27N3. The number of hydrogen-bond acceptors (Lipinski definition) is 3. The van der Waals surface area contributed by atoms with E-state index in [-0.39, 0.29) is 5.54 Å². The summed E-state index contributed by atoms with van der Waals surface area (Å²) in [6, 6.07) is 10.7. The molecule has 1 aromatic carbocycles. The maximum Gasteiger partial charge on any atom is 0.0455 e. The number of rotatable bonds is 5. The van der Waals surface area contributed by atoms with Crippen molar-refractivity contribution < 1.29 is 0 Å². The molecule has 0 aliphatic carbocycles. The van der Waals surface area contributed by atoms with Crippen LogP contribution in [0.5, 0.6) is 0 Å². The fourth-order valence-electron chi connectivity index (χ4n) is 3.15. The van der Waals surface area contributed by atoms with Gasteiger partial charge < -0.3 is 5.73 Å². The lowest BCUT2D eigenvalue weighted by Crippen LogP contribution is -2.61. The van der Waals surface area contributed by atoms with Gasteiger partial charge in [0.05, 0.1) is 0 Å². The molecule has 2 N–H and O–H groups in total. The third kappa shape index (κ3) is 3.35. The van der Waals surface area contributed by atoms with Crippen LogP contribution in [0.4, 0.5) is 0 Å². The van der Waals surface area contributed by atoms with Crippen LogP contribution in [-0.4, -0.2) is 48.6 Å². The molecule has 19 heavy (non-hydrogen) atoms. The molecule has 0 aromatic heterocycles. The molecule has 1 heterocycles. The summed E-state index contributed by atoms with van der Waals surface area (Å²) >= 11 is 0. The van der Waals surface area contributed by atoms with Crippen molar-refractivity contribution in [3.8, 4) is 0 Å². The highest BCUT2D eigenvalue weighted by molar-refractivity contribution is 5.15. The number of benzene rings is 1. The van der Waals surface area contributed by atoms with Crippen LogP contribution in [0.2, 0.25) is 0 Å². The van der Waals surface area contributed by atoms with E-state index in [0.29, 0.717) is 0 Å². The van der Waals surface area contributed by atoms with Crippen LogP contribution in [-0.2, 0) is 6.54 Å². The second-order valence-corrected chi connectivity index (χ2v) is 5.74. The standard InChI is InChI=1S/C16H27N3/c1-3-18(2)16(13-17)10-7-11-19(14-16)12-15-8-5-4-6-9-15/h4-6,8-9H,3,7,10-14,17H2,1-2H3. The lowest BCUT2D eigenvalue weighted by Gasteiger charge is -2.47. The molecule has 1 saturated heterocycles. The average Bonchev–Trinajstić information content (AvgIpc) is 2.47. The van der Waals surface area contributed by atoms with Crippen molar-refractivity contribution in [3.05, 3.63) is 35.9 Å². The second kappa shape index (κ2) is 6.51. The topological polar surface area (TPSA) is 32.5 Å². The van der Waals surface area contributed by atoms with Crippen molar-refractivity contribution >= 4 is 0 Å². The lowest BCUT2D eigenvalue weighted by molar-refractivity contribution is 0.0337. The highest BCUT2D eigenvalue weighted by Crippen LogP contribution is 2.26. The molecule has 106 valence electrons. The van der Waals surface area contributed by atoms with E-state index in [1.807, 2.05) is 0 Å². The van der Waals surface area contributed by atoms with Crippen LogP contribution in [0.1, 0.15) is 25.3 Å². The molecule has 1 aromatic rings. The Labute approximate surface area is 117 Å². The van der Waals surface area contributed by atoms with Gasteiger partial charge in [0.15, 0.2) is 0 Å².